The van der Waals surface area contributed by atoms with Crippen LogP contribution in [0.1, 0.15) is 0 Å². The van der Waals surface area contributed by atoms with E-state index in [1.165, 1.54) is 5.56 Å². The van der Waals surface area contributed by atoms with Gasteiger partial charge < -0.3 is 0 Å². The summed E-state index contributed by atoms with van der Waals surface area (Å²) in [5, 5.41) is 0.900. The largest absolute Gasteiger partial charge is 0.227 e. The van der Waals surface area contributed by atoms with Crippen LogP contribution in [0.3, 0.4) is 0 Å². The second kappa shape index (κ2) is 10.7. The average molecular weight is 587 g/mol. The van der Waals surface area contributed by atoms with Gasteiger partial charge in [0.25, 0.3) is 0 Å². The van der Waals surface area contributed by atoms with Crippen molar-refractivity contribution in [1.29, 1.82) is 0 Å². The van der Waals surface area contributed by atoms with E-state index in [2.05, 4.69) is 140 Å². The number of hydrogen-bond donors (Lipinski definition) is 0. The highest BCUT2D eigenvalue weighted by atomic mass is 15.0. The van der Waals surface area contributed by atoms with Crippen molar-refractivity contribution in [2.45, 2.75) is 0 Å². The minimum Gasteiger partial charge on any atom is -0.227 e. The summed E-state index contributed by atoms with van der Waals surface area (Å²) >= 11 is 0. The first-order chi connectivity index (χ1) is 22.8. The monoisotopic (exact) mass is 586 g/mol. The first-order valence-corrected chi connectivity index (χ1v) is 15.4. The lowest BCUT2D eigenvalue weighted by Crippen LogP contribution is -1.99. The topological polar surface area (TPSA) is 51.6 Å². The number of benzene rings is 6. The molecule has 0 atom stereocenters. The fourth-order valence-electron chi connectivity index (χ4n) is 6.37. The van der Waals surface area contributed by atoms with Crippen molar-refractivity contribution in [1.82, 2.24) is 19.9 Å². The number of nitrogens with zero attached hydrogens (tertiary/aromatic N) is 4. The van der Waals surface area contributed by atoms with Crippen LogP contribution in [0.15, 0.2) is 158 Å². The molecule has 0 radical (unpaired) electrons. The molecule has 2 heterocycles. The summed E-state index contributed by atoms with van der Waals surface area (Å²) in [6, 6.07) is 54.7. The first-order valence-electron chi connectivity index (χ1n) is 15.4. The summed E-state index contributed by atoms with van der Waals surface area (Å²) in [6.45, 7) is 0. The highest BCUT2D eigenvalue weighted by Crippen LogP contribution is 2.46. The number of fused-ring (bicyclic) bond motifs is 3. The maximum Gasteiger partial charge on any atom is 0.168 e. The van der Waals surface area contributed by atoms with Crippen molar-refractivity contribution in [2.75, 3.05) is 0 Å². The molecule has 8 aromatic rings. The second-order valence-corrected chi connectivity index (χ2v) is 11.5. The molecule has 0 amide bonds. The van der Waals surface area contributed by atoms with E-state index >= 15 is 0 Å². The highest BCUT2D eigenvalue weighted by molar-refractivity contribution is 6.11. The Morgan fingerprint density at radius 2 is 0.652 bits per heavy atom. The molecule has 2 aromatic heterocycles. The Morgan fingerprint density at radius 1 is 0.283 bits per heavy atom. The SMILES string of the molecule is c1ccc(-c2ccc(-c3nc4c5c(nc(-c6cc(-c7ccccc7)cc(-c7ccccc7)c6)nc5n3)-c3ccccc3-4)cc2)cc1. The number of hydrogen-bond acceptors (Lipinski definition) is 4. The molecule has 1 aliphatic carbocycles. The van der Waals surface area contributed by atoms with Crippen molar-refractivity contribution < 1.29 is 0 Å². The van der Waals surface area contributed by atoms with Gasteiger partial charge in [0.2, 0.25) is 0 Å². The van der Waals surface area contributed by atoms with E-state index in [-0.39, 0.29) is 0 Å². The molecule has 0 N–H and O–H groups in total. The van der Waals surface area contributed by atoms with Gasteiger partial charge in [-0.05, 0) is 51.6 Å². The zero-order valence-electron chi connectivity index (χ0n) is 24.8. The fourth-order valence-corrected chi connectivity index (χ4v) is 6.37. The van der Waals surface area contributed by atoms with Gasteiger partial charge in [-0.1, -0.05) is 140 Å². The van der Waals surface area contributed by atoms with Crippen LogP contribution >= 0.6 is 0 Å². The van der Waals surface area contributed by atoms with Crippen LogP contribution in [0.4, 0.5) is 0 Å². The van der Waals surface area contributed by atoms with E-state index < -0.39 is 0 Å². The van der Waals surface area contributed by atoms with Crippen LogP contribution in [0.5, 0.6) is 0 Å². The quantitative estimate of drug-likeness (QED) is 0.201. The molecule has 0 unspecified atom stereocenters. The van der Waals surface area contributed by atoms with Gasteiger partial charge in [0.15, 0.2) is 17.3 Å². The molecule has 4 heteroatoms. The molecule has 1 aliphatic rings. The Kier molecular flexibility index (Phi) is 6.10. The molecule has 0 fully saturated rings. The first kappa shape index (κ1) is 26.2. The van der Waals surface area contributed by atoms with Gasteiger partial charge in [-0.15, -0.1) is 0 Å². The molecule has 0 aliphatic heterocycles. The Hall–Kier alpha value is -6.26. The van der Waals surface area contributed by atoms with Gasteiger partial charge in [-0.25, -0.2) is 19.9 Å². The van der Waals surface area contributed by atoms with Gasteiger partial charge in [0.05, 0.1) is 16.8 Å². The third-order valence-corrected chi connectivity index (χ3v) is 8.65. The summed E-state index contributed by atoms with van der Waals surface area (Å²) in [4.78, 5) is 20.5. The van der Waals surface area contributed by atoms with E-state index in [0.29, 0.717) is 17.3 Å². The lowest BCUT2D eigenvalue weighted by Gasteiger charge is -2.12. The number of rotatable bonds is 5. The van der Waals surface area contributed by atoms with E-state index in [0.717, 1.165) is 66.8 Å². The standard InChI is InChI=1S/C42H26N4/c1-4-12-27(13-5-1)30-20-22-31(23-21-30)40-43-38-35-18-10-11-19-36(35)39-37(38)42(45-40)46-41(44-39)34-25-32(28-14-6-2-7-15-28)24-33(26-34)29-16-8-3-9-17-29/h1-26H. The van der Waals surface area contributed by atoms with E-state index in [1.807, 2.05) is 18.2 Å². The van der Waals surface area contributed by atoms with E-state index in [1.54, 1.807) is 0 Å². The van der Waals surface area contributed by atoms with Crippen molar-refractivity contribution in [2.24, 2.45) is 0 Å². The second-order valence-electron chi connectivity index (χ2n) is 11.5. The summed E-state index contributed by atoms with van der Waals surface area (Å²) < 4.78 is 0. The molecular formula is C42H26N4. The fraction of sp³-hybridized carbons (Fsp3) is 0. The third kappa shape index (κ3) is 4.47. The molecule has 0 bridgehead atoms. The Balaban J connectivity index is 1.24. The molecule has 9 rings (SSSR count). The normalized spacial score (nSPS) is 11.5. The van der Waals surface area contributed by atoms with Crippen LogP contribution in [0, 0.1) is 0 Å². The molecule has 0 saturated heterocycles. The van der Waals surface area contributed by atoms with Gasteiger partial charge in [0.1, 0.15) is 0 Å². The lowest BCUT2D eigenvalue weighted by molar-refractivity contribution is 1.16. The molecule has 0 saturated carbocycles. The average Bonchev–Trinajstić information content (AvgIpc) is 3.46. The Labute approximate surface area is 266 Å². The van der Waals surface area contributed by atoms with Crippen LogP contribution < -0.4 is 0 Å². The van der Waals surface area contributed by atoms with Crippen LogP contribution in [0.25, 0.3) is 89.7 Å². The van der Waals surface area contributed by atoms with Crippen LogP contribution in [-0.2, 0) is 0 Å². The summed E-state index contributed by atoms with van der Waals surface area (Å²) in [7, 11) is 0. The zero-order valence-corrected chi connectivity index (χ0v) is 24.8. The third-order valence-electron chi connectivity index (χ3n) is 8.65. The van der Waals surface area contributed by atoms with Gasteiger partial charge in [-0.3, -0.25) is 0 Å². The maximum atomic E-state index is 5.21. The highest BCUT2D eigenvalue weighted by Gasteiger charge is 2.28. The van der Waals surface area contributed by atoms with Crippen LogP contribution in [-0.4, -0.2) is 19.9 Å². The summed E-state index contributed by atoms with van der Waals surface area (Å²) in [5.74, 6) is 1.29. The van der Waals surface area contributed by atoms with Gasteiger partial charge in [-0.2, -0.15) is 0 Å². The molecule has 6 aromatic carbocycles. The van der Waals surface area contributed by atoms with E-state index in [9.17, 15) is 0 Å². The van der Waals surface area contributed by atoms with Gasteiger partial charge >= 0.3 is 0 Å². The molecule has 4 nitrogen and oxygen atoms in total. The van der Waals surface area contributed by atoms with E-state index in [4.69, 9.17) is 19.9 Å². The Bertz CT molecular complexity index is 2330. The lowest BCUT2D eigenvalue weighted by atomic mass is 9.96. The minimum atomic E-state index is 0.643. The smallest absolute Gasteiger partial charge is 0.168 e. The van der Waals surface area contributed by atoms with Crippen molar-refractivity contribution in [3.8, 4) is 78.7 Å². The van der Waals surface area contributed by atoms with Crippen molar-refractivity contribution >= 4 is 11.0 Å². The minimum absolute atomic E-state index is 0.643. The van der Waals surface area contributed by atoms with Gasteiger partial charge in [0, 0.05) is 22.3 Å². The maximum absolute atomic E-state index is 5.21. The Morgan fingerprint density at radius 3 is 1.15 bits per heavy atom. The predicted octanol–water partition coefficient (Wildman–Crippen LogP) is 10.4. The number of aromatic nitrogens is 4. The molecular weight excluding hydrogens is 560 g/mol. The molecule has 214 valence electrons. The van der Waals surface area contributed by atoms with Crippen molar-refractivity contribution in [3.05, 3.63) is 158 Å². The molecule has 46 heavy (non-hydrogen) atoms. The summed E-state index contributed by atoms with van der Waals surface area (Å²) in [6.07, 6.45) is 0. The van der Waals surface area contributed by atoms with Crippen molar-refractivity contribution in [3.63, 3.8) is 0 Å². The zero-order chi connectivity index (χ0) is 30.5. The predicted molar refractivity (Wildman–Crippen MR) is 187 cm³/mol. The molecule has 0 spiro atoms. The summed E-state index contributed by atoms with van der Waals surface area (Å²) in [5.41, 5.74) is 13.2. The van der Waals surface area contributed by atoms with Crippen LogP contribution in [0.2, 0.25) is 0 Å².